The molecule has 0 spiro atoms. The molecule has 0 saturated heterocycles. The lowest BCUT2D eigenvalue weighted by Crippen LogP contribution is -2.24. The molecule has 2 atom stereocenters. The van der Waals surface area contributed by atoms with Gasteiger partial charge < -0.3 is 5.32 Å². The van der Waals surface area contributed by atoms with Crippen molar-refractivity contribution in [3.8, 4) is 0 Å². The van der Waals surface area contributed by atoms with E-state index in [0.29, 0.717) is 11.2 Å². The fourth-order valence-electron chi connectivity index (χ4n) is 1.64. The Morgan fingerprint density at radius 2 is 1.76 bits per heavy atom. The van der Waals surface area contributed by atoms with Gasteiger partial charge in [-0.2, -0.15) is 0 Å². The van der Waals surface area contributed by atoms with Crippen LogP contribution in [-0.2, 0) is 0 Å². The SMILES string of the molecule is C[C@H](NCCP(C)C(C)(C)C)c1ccccc1. The van der Waals surface area contributed by atoms with E-state index in [1.807, 2.05) is 0 Å². The quantitative estimate of drug-likeness (QED) is 0.771. The summed E-state index contributed by atoms with van der Waals surface area (Å²) in [5, 5.41) is 4.10. The van der Waals surface area contributed by atoms with Gasteiger partial charge in [0, 0.05) is 6.04 Å². The van der Waals surface area contributed by atoms with Gasteiger partial charge in [-0.25, -0.2) is 0 Å². The lowest BCUT2D eigenvalue weighted by Gasteiger charge is -2.28. The maximum atomic E-state index is 3.62. The number of nitrogens with one attached hydrogen (secondary N) is 1. The Labute approximate surface area is 108 Å². The zero-order valence-corrected chi connectivity index (χ0v) is 12.7. The van der Waals surface area contributed by atoms with E-state index in [2.05, 4.69) is 70.0 Å². The molecule has 0 bridgehead atoms. The van der Waals surface area contributed by atoms with Crippen LogP contribution in [-0.4, -0.2) is 24.5 Å². The maximum Gasteiger partial charge on any atom is 0.0291 e. The molecule has 96 valence electrons. The topological polar surface area (TPSA) is 12.0 Å². The number of rotatable bonds is 5. The predicted molar refractivity (Wildman–Crippen MR) is 80.3 cm³/mol. The zero-order valence-electron chi connectivity index (χ0n) is 11.8. The summed E-state index contributed by atoms with van der Waals surface area (Å²) in [4.78, 5) is 0. The average molecular weight is 251 g/mol. The highest BCUT2D eigenvalue weighted by Gasteiger charge is 2.18. The minimum atomic E-state index is 0.116. The molecule has 0 amide bonds. The van der Waals surface area contributed by atoms with Crippen molar-refractivity contribution in [3.05, 3.63) is 35.9 Å². The van der Waals surface area contributed by atoms with Crippen molar-refractivity contribution in [3.63, 3.8) is 0 Å². The molecule has 1 aromatic rings. The molecular formula is C15H26NP. The van der Waals surface area contributed by atoms with Crippen LogP contribution in [0.4, 0.5) is 0 Å². The highest BCUT2D eigenvalue weighted by atomic mass is 31.1. The van der Waals surface area contributed by atoms with Crippen molar-refractivity contribution in [2.45, 2.75) is 38.9 Å². The molecule has 0 aliphatic carbocycles. The van der Waals surface area contributed by atoms with Crippen molar-refractivity contribution in [1.29, 1.82) is 0 Å². The fraction of sp³-hybridized carbons (Fsp3) is 0.600. The van der Waals surface area contributed by atoms with E-state index in [-0.39, 0.29) is 7.92 Å². The second kappa shape index (κ2) is 6.52. The van der Waals surface area contributed by atoms with E-state index in [0.717, 1.165) is 6.54 Å². The summed E-state index contributed by atoms with van der Waals surface area (Å²) < 4.78 is 0. The average Bonchev–Trinajstić information content (AvgIpc) is 2.28. The molecule has 1 aromatic carbocycles. The van der Waals surface area contributed by atoms with Gasteiger partial charge in [0.05, 0.1) is 0 Å². The first-order valence-electron chi connectivity index (χ1n) is 6.41. The van der Waals surface area contributed by atoms with Gasteiger partial charge in [0.25, 0.3) is 0 Å². The maximum absolute atomic E-state index is 3.62. The van der Waals surface area contributed by atoms with Crippen LogP contribution >= 0.6 is 7.92 Å². The Hall–Kier alpha value is -0.390. The van der Waals surface area contributed by atoms with Crippen LogP contribution in [0.1, 0.15) is 39.3 Å². The summed E-state index contributed by atoms with van der Waals surface area (Å²) in [5.74, 6) is 0. The van der Waals surface area contributed by atoms with Gasteiger partial charge in [0.2, 0.25) is 0 Å². The van der Waals surface area contributed by atoms with Crippen LogP contribution < -0.4 is 5.32 Å². The molecule has 0 aliphatic rings. The summed E-state index contributed by atoms with van der Waals surface area (Å²) in [6, 6.07) is 11.1. The van der Waals surface area contributed by atoms with Crippen LogP contribution in [0.2, 0.25) is 0 Å². The Kier molecular flexibility index (Phi) is 5.62. The van der Waals surface area contributed by atoms with Crippen molar-refractivity contribution < 1.29 is 0 Å². The van der Waals surface area contributed by atoms with Crippen LogP contribution in [0.3, 0.4) is 0 Å². The molecule has 1 N–H and O–H groups in total. The lowest BCUT2D eigenvalue weighted by atomic mass is 10.1. The third-order valence-corrected chi connectivity index (χ3v) is 6.53. The van der Waals surface area contributed by atoms with Crippen LogP contribution in [0, 0.1) is 0 Å². The molecule has 1 unspecified atom stereocenters. The Morgan fingerprint density at radius 3 is 2.29 bits per heavy atom. The predicted octanol–water partition coefficient (Wildman–Crippen LogP) is 4.25. The summed E-state index contributed by atoms with van der Waals surface area (Å²) in [6.07, 6.45) is 1.30. The first kappa shape index (κ1) is 14.7. The summed E-state index contributed by atoms with van der Waals surface area (Å²) in [5.41, 5.74) is 1.38. The molecule has 0 radical (unpaired) electrons. The second-order valence-electron chi connectivity index (χ2n) is 5.68. The normalized spacial score (nSPS) is 15.6. The monoisotopic (exact) mass is 251 g/mol. The molecule has 17 heavy (non-hydrogen) atoms. The second-order valence-corrected chi connectivity index (χ2v) is 8.86. The zero-order chi connectivity index (χ0) is 12.9. The van der Waals surface area contributed by atoms with E-state index in [1.54, 1.807) is 0 Å². The first-order chi connectivity index (χ1) is 7.91. The van der Waals surface area contributed by atoms with Gasteiger partial charge in [0.15, 0.2) is 0 Å². The smallest absolute Gasteiger partial charge is 0.0291 e. The molecule has 0 saturated carbocycles. The van der Waals surface area contributed by atoms with Gasteiger partial charge in [-0.1, -0.05) is 51.1 Å². The fourth-order valence-corrected chi connectivity index (χ4v) is 2.78. The standard InChI is InChI=1S/C15H26NP/c1-13(14-9-7-6-8-10-14)16-11-12-17(5)15(2,3)4/h6-10,13,16H,11-12H2,1-5H3/t13-,17?/m0/s1. The Bertz CT molecular complexity index is 315. The minimum Gasteiger partial charge on any atom is -0.310 e. The van der Waals surface area contributed by atoms with E-state index in [1.165, 1.54) is 11.7 Å². The molecule has 1 rings (SSSR count). The molecule has 1 nitrogen and oxygen atoms in total. The summed E-state index contributed by atoms with van der Waals surface area (Å²) >= 11 is 0. The lowest BCUT2D eigenvalue weighted by molar-refractivity contribution is 0.598. The highest BCUT2D eigenvalue weighted by molar-refractivity contribution is 7.58. The molecule has 0 aliphatic heterocycles. The van der Waals surface area contributed by atoms with Gasteiger partial charge in [-0.3, -0.25) is 0 Å². The van der Waals surface area contributed by atoms with Crippen LogP contribution in [0.5, 0.6) is 0 Å². The molecule has 0 fully saturated rings. The van der Waals surface area contributed by atoms with Gasteiger partial charge in [0.1, 0.15) is 0 Å². The van der Waals surface area contributed by atoms with Gasteiger partial charge in [-0.15, -0.1) is 7.92 Å². The van der Waals surface area contributed by atoms with E-state index in [9.17, 15) is 0 Å². The first-order valence-corrected chi connectivity index (χ1v) is 8.38. The summed E-state index contributed by atoms with van der Waals surface area (Å²) in [7, 11) is 0.116. The van der Waals surface area contributed by atoms with Crippen molar-refractivity contribution in [2.75, 3.05) is 19.4 Å². The van der Waals surface area contributed by atoms with E-state index >= 15 is 0 Å². The Balaban J connectivity index is 2.33. The van der Waals surface area contributed by atoms with E-state index in [4.69, 9.17) is 0 Å². The number of benzene rings is 1. The van der Waals surface area contributed by atoms with Crippen molar-refractivity contribution in [2.24, 2.45) is 0 Å². The van der Waals surface area contributed by atoms with Crippen LogP contribution in [0.25, 0.3) is 0 Å². The third-order valence-electron chi connectivity index (χ3n) is 3.34. The van der Waals surface area contributed by atoms with Crippen molar-refractivity contribution >= 4 is 7.92 Å². The van der Waals surface area contributed by atoms with Gasteiger partial charge in [-0.05, 0) is 37.0 Å². The number of hydrogen-bond donors (Lipinski definition) is 1. The van der Waals surface area contributed by atoms with Crippen LogP contribution in [0.15, 0.2) is 30.3 Å². The Morgan fingerprint density at radius 1 is 1.18 bits per heavy atom. The highest BCUT2D eigenvalue weighted by Crippen LogP contribution is 2.45. The molecule has 2 heteroatoms. The minimum absolute atomic E-state index is 0.116. The van der Waals surface area contributed by atoms with E-state index < -0.39 is 0 Å². The van der Waals surface area contributed by atoms with Gasteiger partial charge >= 0.3 is 0 Å². The molecule has 0 heterocycles. The summed E-state index contributed by atoms with van der Waals surface area (Å²) in [6.45, 7) is 12.8. The van der Waals surface area contributed by atoms with Crippen molar-refractivity contribution in [1.82, 2.24) is 5.32 Å². The number of hydrogen-bond acceptors (Lipinski definition) is 1. The molecule has 0 aromatic heterocycles. The molecular weight excluding hydrogens is 225 g/mol. The third kappa shape index (κ3) is 5.19. The largest absolute Gasteiger partial charge is 0.310 e.